The van der Waals surface area contributed by atoms with E-state index in [4.69, 9.17) is 16.3 Å². The maximum Gasteiger partial charge on any atom is 0.246 e. The van der Waals surface area contributed by atoms with E-state index in [0.29, 0.717) is 58.0 Å². The topological polar surface area (TPSA) is 112 Å². The van der Waals surface area contributed by atoms with Crippen molar-refractivity contribution in [2.75, 3.05) is 19.7 Å². The zero-order chi connectivity index (χ0) is 21.4. The number of carbonyl (C=O) groups is 2. The molecule has 1 aliphatic heterocycles. The Bertz CT molecular complexity index is 655. The second-order valence-electron chi connectivity index (χ2n) is 9.43. The molecule has 5 rings (SSSR count). The lowest BCUT2D eigenvalue weighted by atomic mass is 9.59. The molecule has 4 atom stereocenters. The summed E-state index contributed by atoms with van der Waals surface area (Å²) in [5.74, 6) is -0.432. The molecule has 0 aromatic carbocycles. The summed E-state index contributed by atoms with van der Waals surface area (Å²) in [6, 6.07) is 0. The van der Waals surface area contributed by atoms with Crippen LogP contribution in [0.5, 0.6) is 0 Å². The molecule has 0 aromatic heterocycles. The smallest absolute Gasteiger partial charge is 0.246 e. The van der Waals surface area contributed by atoms with E-state index < -0.39 is 28.7 Å². The standard InChI is InChI=1S/C20H32ClFN4O4/c21-14-2-1-13(7-15(14)22)30-11-17(28)25-19-3-5-20(6-4-19,16(27)8-19)26-18(29)12-9-23-24-10-12/h12-16,23-24,27H,1-11H2,(H,25,28)(H,26,29). The largest absolute Gasteiger partial charge is 0.391 e. The Morgan fingerprint density at radius 2 is 1.83 bits per heavy atom. The number of amides is 2. The minimum absolute atomic E-state index is 0.0452. The Hall–Kier alpha value is -1.00. The summed E-state index contributed by atoms with van der Waals surface area (Å²) < 4.78 is 19.4. The third kappa shape index (κ3) is 4.60. The molecule has 1 saturated heterocycles. The molecule has 1 heterocycles. The first-order valence-corrected chi connectivity index (χ1v) is 11.4. The van der Waals surface area contributed by atoms with Crippen LogP contribution in [-0.2, 0) is 14.3 Å². The molecule has 4 aliphatic carbocycles. The van der Waals surface area contributed by atoms with Gasteiger partial charge in [-0.3, -0.25) is 20.4 Å². The van der Waals surface area contributed by atoms with Gasteiger partial charge in [0.15, 0.2) is 0 Å². The van der Waals surface area contributed by atoms with Crippen LogP contribution in [0.1, 0.15) is 51.4 Å². The summed E-state index contributed by atoms with van der Waals surface area (Å²) in [5.41, 5.74) is 4.81. The first-order valence-electron chi connectivity index (χ1n) is 11.0. The molecule has 4 unspecified atom stereocenters. The molecular formula is C20H32ClFN4O4. The van der Waals surface area contributed by atoms with Crippen LogP contribution in [0.3, 0.4) is 0 Å². The van der Waals surface area contributed by atoms with Gasteiger partial charge >= 0.3 is 0 Å². The normalized spacial score (nSPS) is 41.6. The van der Waals surface area contributed by atoms with Crippen molar-refractivity contribution in [3.8, 4) is 0 Å². The minimum atomic E-state index is -1.10. The number of halogens is 2. The van der Waals surface area contributed by atoms with Crippen LogP contribution in [0.2, 0.25) is 0 Å². The Labute approximate surface area is 181 Å². The molecule has 170 valence electrons. The van der Waals surface area contributed by atoms with E-state index in [1.165, 1.54) is 0 Å². The molecule has 2 bridgehead atoms. The van der Waals surface area contributed by atoms with Gasteiger partial charge in [-0.25, -0.2) is 4.39 Å². The number of ether oxygens (including phenoxy) is 1. The van der Waals surface area contributed by atoms with Gasteiger partial charge < -0.3 is 20.5 Å². The molecule has 30 heavy (non-hydrogen) atoms. The van der Waals surface area contributed by atoms with Gasteiger partial charge in [0.1, 0.15) is 12.8 Å². The second-order valence-corrected chi connectivity index (χ2v) is 9.99. The lowest BCUT2D eigenvalue weighted by Crippen LogP contribution is -2.70. The van der Waals surface area contributed by atoms with Crippen LogP contribution in [0.15, 0.2) is 0 Å². The van der Waals surface area contributed by atoms with Crippen LogP contribution >= 0.6 is 11.6 Å². The summed E-state index contributed by atoms with van der Waals surface area (Å²) >= 11 is 5.89. The minimum Gasteiger partial charge on any atom is -0.391 e. The number of hydrogen-bond acceptors (Lipinski definition) is 6. The van der Waals surface area contributed by atoms with Gasteiger partial charge in [0.05, 0.1) is 29.0 Å². The Morgan fingerprint density at radius 3 is 2.47 bits per heavy atom. The third-order valence-corrected chi connectivity index (χ3v) is 7.88. The summed E-state index contributed by atoms with van der Waals surface area (Å²) in [5, 5.41) is 16.5. The van der Waals surface area contributed by atoms with Crippen LogP contribution in [0.25, 0.3) is 0 Å². The van der Waals surface area contributed by atoms with Crippen molar-refractivity contribution in [1.82, 2.24) is 21.5 Å². The molecule has 4 saturated carbocycles. The number of fused-ring (bicyclic) bond motifs is 3. The highest BCUT2D eigenvalue weighted by atomic mass is 35.5. The first-order chi connectivity index (χ1) is 14.3. The lowest BCUT2D eigenvalue weighted by molar-refractivity contribution is -0.140. The molecule has 5 aliphatic rings. The maximum absolute atomic E-state index is 13.7. The van der Waals surface area contributed by atoms with Crippen molar-refractivity contribution in [2.45, 2.75) is 86.2 Å². The maximum atomic E-state index is 13.7. The van der Waals surface area contributed by atoms with Crippen molar-refractivity contribution >= 4 is 23.4 Å². The fourth-order valence-corrected chi connectivity index (χ4v) is 5.61. The monoisotopic (exact) mass is 446 g/mol. The van der Waals surface area contributed by atoms with Gasteiger partial charge in [-0.1, -0.05) is 0 Å². The Morgan fingerprint density at radius 1 is 1.13 bits per heavy atom. The number of nitrogens with one attached hydrogen (secondary N) is 4. The Kier molecular flexibility index (Phi) is 6.56. The van der Waals surface area contributed by atoms with Gasteiger partial charge in [-0.2, -0.15) is 0 Å². The van der Waals surface area contributed by atoms with E-state index in [0.717, 1.165) is 0 Å². The van der Waals surface area contributed by atoms with E-state index in [1.54, 1.807) is 0 Å². The van der Waals surface area contributed by atoms with Crippen molar-refractivity contribution in [2.24, 2.45) is 5.92 Å². The van der Waals surface area contributed by atoms with Crippen molar-refractivity contribution in [1.29, 1.82) is 0 Å². The zero-order valence-corrected chi connectivity index (χ0v) is 17.8. The molecule has 0 aromatic rings. The predicted molar refractivity (Wildman–Crippen MR) is 108 cm³/mol. The summed E-state index contributed by atoms with van der Waals surface area (Å²) in [6.07, 6.45) is 2.37. The molecule has 8 nitrogen and oxygen atoms in total. The van der Waals surface area contributed by atoms with E-state index in [2.05, 4.69) is 21.5 Å². The lowest BCUT2D eigenvalue weighted by Gasteiger charge is -2.56. The van der Waals surface area contributed by atoms with Gasteiger partial charge in [0.25, 0.3) is 0 Å². The number of hydrazine groups is 1. The average Bonchev–Trinajstić information content (AvgIpc) is 3.25. The number of aliphatic hydroxyl groups is 1. The van der Waals surface area contributed by atoms with E-state index in [9.17, 15) is 19.1 Å². The van der Waals surface area contributed by atoms with Gasteiger partial charge in [-0.05, 0) is 44.9 Å². The molecule has 0 spiro atoms. The molecule has 0 radical (unpaired) electrons. The zero-order valence-electron chi connectivity index (χ0n) is 17.1. The number of rotatable bonds is 6. The average molecular weight is 447 g/mol. The van der Waals surface area contributed by atoms with Crippen LogP contribution in [0.4, 0.5) is 4.39 Å². The van der Waals surface area contributed by atoms with Crippen LogP contribution < -0.4 is 21.5 Å². The summed E-state index contributed by atoms with van der Waals surface area (Å²) in [4.78, 5) is 25.1. The van der Waals surface area contributed by atoms with Crippen molar-refractivity contribution < 1.29 is 23.8 Å². The SMILES string of the molecule is O=C(COC1CCC(Cl)C(F)C1)NC12CCC(NC(=O)C3CNNC3)(CC1)C(O)C2. The summed E-state index contributed by atoms with van der Waals surface area (Å²) in [7, 11) is 0. The highest BCUT2D eigenvalue weighted by Gasteiger charge is 2.55. The van der Waals surface area contributed by atoms with Crippen LogP contribution in [-0.4, -0.2) is 71.5 Å². The third-order valence-electron chi connectivity index (χ3n) is 7.39. The quantitative estimate of drug-likeness (QED) is 0.375. The number of hydrogen-bond donors (Lipinski definition) is 5. The molecule has 5 N–H and O–H groups in total. The van der Waals surface area contributed by atoms with Crippen LogP contribution in [0, 0.1) is 5.92 Å². The fraction of sp³-hybridized carbons (Fsp3) is 0.900. The van der Waals surface area contributed by atoms with Gasteiger partial charge in [0.2, 0.25) is 11.8 Å². The molecule has 5 fully saturated rings. The number of carbonyl (C=O) groups excluding carboxylic acids is 2. The van der Waals surface area contributed by atoms with E-state index in [-0.39, 0.29) is 36.9 Å². The molecule has 10 heteroatoms. The Balaban J connectivity index is 1.26. The molecule has 2 amide bonds. The summed E-state index contributed by atoms with van der Waals surface area (Å²) in [6.45, 7) is 1.03. The number of aliphatic hydroxyl groups excluding tert-OH is 1. The predicted octanol–water partition coefficient (Wildman–Crippen LogP) is 0.274. The van der Waals surface area contributed by atoms with Crippen molar-refractivity contribution in [3.05, 3.63) is 0 Å². The highest BCUT2D eigenvalue weighted by Crippen LogP contribution is 2.47. The fourth-order valence-electron chi connectivity index (χ4n) is 5.38. The first kappa shape index (κ1) is 22.2. The van der Waals surface area contributed by atoms with Gasteiger partial charge in [0, 0.05) is 25.0 Å². The van der Waals surface area contributed by atoms with E-state index >= 15 is 0 Å². The highest BCUT2D eigenvalue weighted by molar-refractivity contribution is 6.21. The second kappa shape index (κ2) is 8.86. The van der Waals surface area contributed by atoms with E-state index in [1.807, 2.05) is 0 Å². The molecular weight excluding hydrogens is 415 g/mol. The van der Waals surface area contributed by atoms with Gasteiger partial charge in [-0.15, -0.1) is 11.6 Å². The van der Waals surface area contributed by atoms with Crippen molar-refractivity contribution in [3.63, 3.8) is 0 Å². The number of alkyl halides is 2.